The van der Waals surface area contributed by atoms with E-state index in [9.17, 15) is 4.79 Å². The first-order valence-electron chi connectivity index (χ1n) is 7.29. The molecule has 0 fully saturated rings. The second-order valence-electron chi connectivity index (χ2n) is 5.30. The van der Waals surface area contributed by atoms with Crippen LogP contribution >= 0.6 is 0 Å². The van der Waals surface area contributed by atoms with E-state index in [1.807, 2.05) is 18.2 Å². The Hall–Kier alpha value is -2.20. The Morgan fingerprint density at radius 2 is 2.10 bits per heavy atom. The van der Waals surface area contributed by atoms with Crippen LogP contribution in [-0.2, 0) is 30.8 Å². The first-order chi connectivity index (χ1) is 10.3. The van der Waals surface area contributed by atoms with E-state index in [4.69, 9.17) is 0 Å². The molecule has 0 bridgehead atoms. The van der Waals surface area contributed by atoms with Gasteiger partial charge in [0.05, 0.1) is 0 Å². The maximum Gasteiger partial charge on any atom is 0.220 e. The van der Waals surface area contributed by atoms with E-state index in [2.05, 4.69) is 33.8 Å². The summed E-state index contributed by atoms with van der Waals surface area (Å²) in [4.78, 5) is 16.1. The van der Waals surface area contributed by atoms with Crippen LogP contribution in [0.25, 0.3) is 0 Å². The van der Waals surface area contributed by atoms with Crippen LogP contribution in [0.5, 0.6) is 0 Å². The third kappa shape index (κ3) is 3.67. The molecule has 2 heterocycles. The van der Waals surface area contributed by atoms with Gasteiger partial charge in [0.15, 0.2) is 0 Å². The monoisotopic (exact) mass is 281 g/mol. The van der Waals surface area contributed by atoms with Crippen molar-refractivity contribution in [2.24, 2.45) is 0 Å². The molecule has 4 nitrogen and oxygen atoms in total. The van der Waals surface area contributed by atoms with Crippen molar-refractivity contribution in [1.29, 1.82) is 0 Å². The van der Waals surface area contributed by atoms with Gasteiger partial charge in [-0.15, -0.1) is 0 Å². The maximum absolute atomic E-state index is 11.9. The number of carbonyl (C=O) groups excluding carboxylic acids is 1. The fourth-order valence-corrected chi connectivity index (χ4v) is 2.53. The second-order valence-corrected chi connectivity index (χ2v) is 5.30. The molecule has 21 heavy (non-hydrogen) atoms. The predicted molar refractivity (Wildman–Crippen MR) is 81.4 cm³/mol. The van der Waals surface area contributed by atoms with Crippen LogP contribution < -0.4 is 10.6 Å². The zero-order valence-electron chi connectivity index (χ0n) is 11.9. The van der Waals surface area contributed by atoms with E-state index in [0.717, 1.165) is 24.3 Å². The minimum Gasteiger partial charge on any atom is -0.352 e. The lowest BCUT2D eigenvalue weighted by molar-refractivity contribution is -0.121. The number of hydrogen-bond donors (Lipinski definition) is 2. The van der Waals surface area contributed by atoms with Gasteiger partial charge in [-0.3, -0.25) is 9.78 Å². The molecule has 4 heteroatoms. The molecular formula is C17H19N3O. The van der Waals surface area contributed by atoms with Gasteiger partial charge in [0.1, 0.15) is 0 Å². The molecule has 0 aliphatic carbocycles. The number of rotatable bonds is 5. The van der Waals surface area contributed by atoms with Crippen LogP contribution in [0.15, 0.2) is 42.6 Å². The number of aromatic nitrogens is 1. The van der Waals surface area contributed by atoms with E-state index in [0.29, 0.717) is 19.4 Å². The summed E-state index contributed by atoms with van der Waals surface area (Å²) in [7, 11) is 0. The van der Waals surface area contributed by atoms with Gasteiger partial charge >= 0.3 is 0 Å². The summed E-state index contributed by atoms with van der Waals surface area (Å²) in [6.45, 7) is 2.47. The van der Waals surface area contributed by atoms with Crippen molar-refractivity contribution in [2.45, 2.75) is 32.5 Å². The molecule has 0 spiro atoms. The van der Waals surface area contributed by atoms with E-state index in [1.54, 1.807) is 6.20 Å². The lowest BCUT2D eigenvalue weighted by Gasteiger charge is -2.07. The number of carbonyl (C=O) groups is 1. The zero-order valence-corrected chi connectivity index (χ0v) is 11.9. The van der Waals surface area contributed by atoms with Crippen LogP contribution in [0.1, 0.15) is 28.8 Å². The first kappa shape index (κ1) is 13.8. The summed E-state index contributed by atoms with van der Waals surface area (Å²) in [6.07, 6.45) is 2.91. The van der Waals surface area contributed by atoms with E-state index in [1.165, 1.54) is 11.1 Å². The average molecular weight is 281 g/mol. The summed E-state index contributed by atoms with van der Waals surface area (Å²) in [5.41, 5.74) is 4.82. The second kappa shape index (κ2) is 6.50. The third-order valence-electron chi connectivity index (χ3n) is 3.73. The highest BCUT2D eigenvalue weighted by atomic mass is 16.1. The molecule has 0 radical (unpaired) electrons. The highest BCUT2D eigenvalue weighted by molar-refractivity contribution is 5.76. The number of aryl methyl sites for hydroxylation is 1. The number of pyridine rings is 1. The molecule has 1 aliphatic heterocycles. The highest BCUT2D eigenvalue weighted by Crippen LogP contribution is 2.16. The SMILES string of the molecule is O=C(CCc1ccccn1)NCc1ccc2c(c1)CNC2. The van der Waals surface area contributed by atoms with Gasteiger partial charge in [-0.2, -0.15) is 0 Å². The van der Waals surface area contributed by atoms with Gasteiger partial charge in [-0.25, -0.2) is 0 Å². The standard InChI is InChI=1S/C17H19N3O/c21-17(7-6-16-3-1-2-8-19-16)20-10-13-4-5-14-11-18-12-15(14)9-13/h1-5,8-9,18H,6-7,10-12H2,(H,20,21). The van der Waals surface area contributed by atoms with E-state index >= 15 is 0 Å². The van der Waals surface area contributed by atoms with Gasteiger partial charge in [0.2, 0.25) is 5.91 Å². The van der Waals surface area contributed by atoms with Gasteiger partial charge < -0.3 is 10.6 Å². The van der Waals surface area contributed by atoms with Crippen molar-refractivity contribution in [2.75, 3.05) is 0 Å². The molecule has 1 aliphatic rings. The van der Waals surface area contributed by atoms with Crippen LogP contribution in [0.3, 0.4) is 0 Å². The van der Waals surface area contributed by atoms with E-state index < -0.39 is 0 Å². The van der Waals surface area contributed by atoms with Crippen molar-refractivity contribution < 1.29 is 4.79 Å². The minimum atomic E-state index is 0.0688. The van der Waals surface area contributed by atoms with Crippen molar-refractivity contribution in [1.82, 2.24) is 15.6 Å². The van der Waals surface area contributed by atoms with Crippen LogP contribution in [0.2, 0.25) is 0 Å². The van der Waals surface area contributed by atoms with Crippen molar-refractivity contribution in [3.8, 4) is 0 Å². The molecule has 108 valence electrons. The average Bonchev–Trinajstić information content (AvgIpc) is 2.99. The maximum atomic E-state index is 11.9. The van der Waals surface area contributed by atoms with Crippen LogP contribution in [0.4, 0.5) is 0 Å². The molecule has 3 rings (SSSR count). The quantitative estimate of drug-likeness (QED) is 0.880. The van der Waals surface area contributed by atoms with Crippen LogP contribution in [0, 0.1) is 0 Å². The summed E-state index contributed by atoms with van der Waals surface area (Å²) < 4.78 is 0. The number of amides is 1. The van der Waals surface area contributed by atoms with Gasteiger partial charge in [0.25, 0.3) is 0 Å². The Labute approximate surface area is 124 Å². The van der Waals surface area contributed by atoms with E-state index in [-0.39, 0.29) is 5.91 Å². The normalized spacial score (nSPS) is 13.0. The van der Waals surface area contributed by atoms with Gasteiger partial charge in [-0.05, 0) is 35.2 Å². The smallest absolute Gasteiger partial charge is 0.220 e. The molecule has 1 aromatic carbocycles. The summed E-state index contributed by atoms with van der Waals surface area (Å²) >= 11 is 0. The molecular weight excluding hydrogens is 262 g/mol. The Bertz CT molecular complexity index is 625. The molecule has 1 amide bonds. The predicted octanol–water partition coefficient (Wildman–Crippen LogP) is 1.93. The van der Waals surface area contributed by atoms with Crippen molar-refractivity contribution >= 4 is 5.91 Å². The number of nitrogens with zero attached hydrogens (tertiary/aromatic N) is 1. The fourth-order valence-electron chi connectivity index (χ4n) is 2.53. The molecule has 0 atom stereocenters. The molecule has 0 saturated heterocycles. The Morgan fingerprint density at radius 1 is 1.19 bits per heavy atom. The van der Waals surface area contributed by atoms with Crippen molar-refractivity contribution in [3.05, 3.63) is 65.0 Å². The molecule has 0 unspecified atom stereocenters. The number of hydrogen-bond acceptors (Lipinski definition) is 3. The van der Waals surface area contributed by atoms with Gasteiger partial charge in [0, 0.05) is 37.9 Å². The third-order valence-corrected chi connectivity index (χ3v) is 3.73. The summed E-state index contributed by atoms with van der Waals surface area (Å²) in [6, 6.07) is 12.2. The number of nitrogens with one attached hydrogen (secondary N) is 2. The first-order valence-corrected chi connectivity index (χ1v) is 7.29. The molecule has 1 aromatic heterocycles. The number of fused-ring (bicyclic) bond motifs is 1. The van der Waals surface area contributed by atoms with Crippen LogP contribution in [-0.4, -0.2) is 10.9 Å². The summed E-state index contributed by atoms with van der Waals surface area (Å²) in [5, 5.41) is 6.30. The minimum absolute atomic E-state index is 0.0688. The molecule has 2 N–H and O–H groups in total. The molecule has 0 saturated carbocycles. The largest absolute Gasteiger partial charge is 0.352 e. The fraction of sp³-hybridized carbons (Fsp3) is 0.294. The Morgan fingerprint density at radius 3 is 2.95 bits per heavy atom. The van der Waals surface area contributed by atoms with Crippen molar-refractivity contribution in [3.63, 3.8) is 0 Å². The molecule has 2 aromatic rings. The highest BCUT2D eigenvalue weighted by Gasteiger charge is 2.10. The Kier molecular flexibility index (Phi) is 4.26. The summed E-state index contributed by atoms with van der Waals surface area (Å²) in [5.74, 6) is 0.0688. The lowest BCUT2D eigenvalue weighted by atomic mass is 10.1. The topological polar surface area (TPSA) is 54.0 Å². The number of benzene rings is 1. The zero-order chi connectivity index (χ0) is 14.5. The lowest BCUT2D eigenvalue weighted by Crippen LogP contribution is -2.23. The van der Waals surface area contributed by atoms with Gasteiger partial charge in [-0.1, -0.05) is 24.3 Å². The Balaban J connectivity index is 1.47.